The van der Waals surface area contributed by atoms with Crippen LogP contribution < -0.4 is 5.32 Å². The molecule has 1 rings (SSSR count). The van der Waals surface area contributed by atoms with Crippen LogP contribution >= 0.6 is 0 Å². The number of unbranched alkanes of at least 4 members (excludes halogenated alkanes) is 1. The van der Waals surface area contributed by atoms with Crippen molar-refractivity contribution < 1.29 is 14.3 Å². The van der Waals surface area contributed by atoms with Gasteiger partial charge in [-0.2, -0.15) is 0 Å². The molecule has 1 N–H and O–H groups in total. The van der Waals surface area contributed by atoms with E-state index in [2.05, 4.69) is 5.32 Å². The number of amides is 1. The standard InChI is InChI=1S/C17H25NO3/c1-5-6-12-14(16(20)21-17(2,3)4)18-15(19)13-10-8-7-9-11-13/h7-11,14H,5-6,12H2,1-4H3,(H,18,19)/t14-/m0/s1. The van der Waals surface area contributed by atoms with Gasteiger partial charge in [0, 0.05) is 5.56 Å². The quantitative estimate of drug-likeness (QED) is 0.818. The molecule has 1 amide bonds. The van der Waals surface area contributed by atoms with Crippen molar-refractivity contribution in [3.8, 4) is 0 Å². The number of hydrogen-bond donors (Lipinski definition) is 1. The molecule has 0 heterocycles. The molecule has 0 unspecified atom stereocenters. The minimum absolute atomic E-state index is 0.248. The van der Waals surface area contributed by atoms with Crippen LogP contribution in [-0.2, 0) is 9.53 Å². The summed E-state index contributed by atoms with van der Waals surface area (Å²) in [6.45, 7) is 7.51. The van der Waals surface area contributed by atoms with Crippen molar-refractivity contribution in [3.63, 3.8) is 0 Å². The molecule has 0 aliphatic rings. The molecule has 0 fully saturated rings. The fourth-order valence-corrected chi connectivity index (χ4v) is 1.86. The predicted octanol–water partition coefficient (Wildman–Crippen LogP) is 3.32. The molecule has 4 heteroatoms. The van der Waals surface area contributed by atoms with E-state index in [0.717, 1.165) is 12.8 Å². The third kappa shape index (κ3) is 6.43. The monoisotopic (exact) mass is 291 g/mol. The molecule has 21 heavy (non-hydrogen) atoms. The number of benzene rings is 1. The maximum atomic E-state index is 12.2. The van der Waals surface area contributed by atoms with Crippen LogP contribution in [0.3, 0.4) is 0 Å². The van der Waals surface area contributed by atoms with Crippen molar-refractivity contribution >= 4 is 11.9 Å². The fourth-order valence-electron chi connectivity index (χ4n) is 1.86. The second-order valence-corrected chi connectivity index (χ2v) is 6.07. The number of nitrogens with one attached hydrogen (secondary N) is 1. The summed E-state index contributed by atoms with van der Waals surface area (Å²) in [4.78, 5) is 24.4. The molecule has 0 saturated carbocycles. The Kier molecular flexibility index (Phi) is 6.40. The van der Waals surface area contributed by atoms with Crippen molar-refractivity contribution in [2.24, 2.45) is 0 Å². The number of carbonyl (C=O) groups is 2. The highest BCUT2D eigenvalue weighted by Crippen LogP contribution is 2.12. The first-order chi connectivity index (χ1) is 9.83. The van der Waals surface area contributed by atoms with E-state index in [9.17, 15) is 9.59 Å². The van der Waals surface area contributed by atoms with Crippen LogP contribution in [0.1, 0.15) is 57.3 Å². The number of carbonyl (C=O) groups excluding carboxylic acids is 2. The molecule has 0 aromatic heterocycles. The van der Waals surface area contributed by atoms with Crippen LogP contribution in [0.5, 0.6) is 0 Å². The van der Waals surface area contributed by atoms with E-state index in [1.54, 1.807) is 24.3 Å². The molecule has 0 aliphatic heterocycles. The maximum Gasteiger partial charge on any atom is 0.329 e. The van der Waals surface area contributed by atoms with E-state index in [1.165, 1.54) is 0 Å². The van der Waals surface area contributed by atoms with Gasteiger partial charge in [-0.25, -0.2) is 4.79 Å². The summed E-state index contributed by atoms with van der Waals surface area (Å²) in [5.41, 5.74) is -0.0125. The van der Waals surface area contributed by atoms with E-state index >= 15 is 0 Å². The Morgan fingerprint density at radius 2 is 1.81 bits per heavy atom. The Labute approximate surface area is 126 Å². The van der Waals surface area contributed by atoms with Crippen molar-refractivity contribution in [3.05, 3.63) is 35.9 Å². The summed E-state index contributed by atoms with van der Waals surface area (Å²) < 4.78 is 5.38. The van der Waals surface area contributed by atoms with Crippen LogP contribution in [0.2, 0.25) is 0 Å². The smallest absolute Gasteiger partial charge is 0.329 e. The summed E-state index contributed by atoms with van der Waals surface area (Å²) in [7, 11) is 0. The minimum Gasteiger partial charge on any atom is -0.458 e. The average molecular weight is 291 g/mol. The first-order valence-electron chi connectivity index (χ1n) is 7.42. The number of esters is 1. The molecule has 116 valence electrons. The SMILES string of the molecule is CCCC[C@H](NC(=O)c1ccccc1)C(=O)OC(C)(C)C. The number of hydrogen-bond acceptors (Lipinski definition) is 3. The van der Waals surface area contributed by atoms with E-state index in [4.69, 9.17) is 4.74 Å². The summed E-state index contributed by atoms with van der Waals surface area (Å²) >= 11 is 0. The lowest BCUT2D eigenvalue weighted by molar-refractivity contribution is -0.157. The van der Waals surface area contributed by atoms with Gasteiger partial charge in [-0.05, 0) is 39.3 Å². The highest BCUT2D eigenvalue weighted by atomic mass is 16.6. The van der Waals surface area contributed by atoms with Gasteiger partial charge >= 0.3 is 5.97 Å². The molecule has 4 nitrogen and oxygen atoms in total. The molecule has 1 aromatic rings. The van der Waals surface area contributed by atoms with Gasteiger partial charge < -0.3 is 10.1 Å². The summed E-state index contributed by atoms with van der Waals surface area (Å²) in [6, 6.07) is 8.28. The molecular weight excluding hydrogens is 266 g/mol. The summed E-state index contributed by atoms with van der Waals surface area (Å²) in [5.74, 6) is -0.622. The lowest BCUT2D eigenvalue weighted by Gasteiger charge is -2.24. The molecule has 0 radical (unpaired) electrons. The van der Waals surface area contributed by atoms with Crippen molar-refractivity contribution in [1.82, 2.24) is 5.32 Å². The van der Waals surface area contributed by atoms with Gasteiger partial charge in [0.15, 0.2) is 0 Å². The minimum atomic E-state index is -0.600. The van der Waals surface area contributed by atoms with Gasteiger partial charge in [-0.1, -0.05) is 38.0 Å². The fraction of sp³-hybridized carbons (Fsp3) is 0.529. The van der Waals surface area contributed by atoms with Gasteiger partial charge in [-0.3, -0.25) is 4.79 Å². The molecule has 0 bridgehead atoms. The van der Waals surface area contributed by atoms with Crippen LogP contribution in [0.25, 0.3) is 0 Å². The highest BCUT2D eigenvalue weighted by Gasteiger charge is 2.26. The van der Waals surface area contributed by atoms with E-state index < -0.39 is 11.6 Å². The van der Waals surface area contributed by atoms with Crippen LogP contribution in [-0.4, -0.2) is 23.5 Å². The Morgan fingerprint density at radius 1 is 1.19 bits per heavy atom. The molecule has 1 atom stereocenters. The Morgan fingerprint density at radius 3 is 2.33 bits per heavy atom. The second kappa shape index (κ2) is 7.81. The summed E-state index contributed by atoms with van der Waals surface area (Å²) in [5, 5.41) is 2.78. The second-order valence-electron chi connectivity index (χ2n) is 6.07. The molecule has 0 aliphatic carbocycles. The zero-order chi connectivity index (χ0) is 15.9. The first kappa shape index (κ1) is 17.2. The van der Waals surface area contributed by atoms with Gasteiger partial charge in [0.05, 0.1) is 0 Å². The lowest BCUT2D eigenvalue weighted by atomic mass is 10.1. The maximum absolute atomic E-state index is 12.2. The van der Waals surface area contributed by atoms with Gasteiger partial charge in [0.2, 0.25) is 0 Å². The van der Waals surface area contributed by atoms with E-state index in [0.29, 0.717) is 12.0 Å². The van der Waals surface area contributed by atoms with Crippen molar-refractivity contribution in [2.45, 2.75) is 58.6 Å². The van der Waals surface area contributed by atoms with E-state index in [1.807, 2.05) is 33.8 Å². The van der Waals surface area contributed by atoms with Crippen LogP contribution in [0.15, 0.2) is 30.3 Å². The zero-order valence-corrected chi connectivity index (χ0v) is 13.3. The average Bonchev–Trinajstić information content (AvgIpc) is 2.42. The molecule has 0 spiro atoms. The molecule has 1 aromatic carbocycles. The number of ether oxygens (including phenoxy) is 1. The Bertz CT molecular complexity index is 463. The van der Waals surface area contributed by atoms with Gasteiger partial charge in [0.1, 0.15) is 11.6 Å². The van der Waals surface area contributed by atoms with Gasteiger partial charge in [0.25, 0.3) is 5.91 Å². The lowest BCUT2D eigenvalue weighted by Crippen LogP contribution is -2.44. The first-order valence-corrected chi connectivity index (χ1v) is 7.42. The van der Waals surface area contributed by atoms with E-state index in [-0.39, 0.29) is 11.9 Å². The van der Waals surface area contributed by atoms with Gasteiger partial charge in [-0.15, -0.1) is 0 Å². The Balaban J connectivity index is 2.73. The summed E-state index contributed by atoms with van der Waals surface area (Å²) in [6.07, 6.45) is 2.41. The Hall–Kier alpha value is -1.84. The van der Waals surface area contributed by atoms with Crippen molar-refractivity contribution in [1.29, 1.82) is 0 Å². The molecular formula is C17H25NO3. The van der Waals surface area contributed by atoms with Crippen LogP contribution in [0.4, 0.5) is 0 Å². The van der Waals surface area contributed by atoms with Crippen molar-refractivity contribution in [2.75, 3.05) is 0 Å². The topological polar surface area (TPSA) is 55.4 Å². The third-order valence-corrected chi connectivity index (χ3v) is 2.88. The number of rotatable bonds is 6. The van der Waals surface area contributed by atoms with Crippen LogP contribution in [0, 0.1) is 0 Å². The normalized spacial score (nSPS) is 12.6. The largest absolute Gasteiger partial charge is 0.458 e. The predicted molar refractivity (Wildman–Crippen MR) is 83.1 cm³/mol. The zero-order valence-electron chi connectivity index (χ0n) is 13.3. The highest BCUT2D eigenvalue weighted by molar-refractivity contribution is 5.96. The third-order valence-electron chi connectivity index (χ3n) is 2.88. The molecule has 0 saturated heterocycles.